The highest BCUT2D eigenvalue weighted by molar-refractivity contribution is 7.94. The summed E-state index contributed by atoms with van der Waals surface area (Å²) >= 11 is 5.95. The Balaban J connectivity index is 1.52. The van der Waals surface area contributed by atoms with Crippen molar-refractivity contribution in [2.75, 3.05) is 39.5 Å². The maximum Gasteiger partial charge on any atom is 0.199 e. The third kappa shape index (κ3) is 6.04. The summed E-state index contributed by atoms with van der Waals surface area (Å²) in [6.45, 7) is 5.06. The lowest BCUT2D eigenvalue weighted by Gasteiger charge is -2.26. The van der Waals surface area contributed by atoms with Gasteiger partial charge in [0.1, 0.15) is 10.9 Å². The normalized spacial score (nSPS) is 15.8. The number of benzene rings is 1. The second kappa shape index (κ2) is 10.0. The van der Waals surface area contributed by atoms with Crippen LogP contribution in [0.1, 0.15) is 12.0 Å². The Morgan fingerprint density at radius 3 is 2.64 bits per heavy atom. The van der Waals surface area contributed by atoms with E-state index in [2.05, 4.69) is 9.88 Å². The molecular formula is C20H23ClN2O4S. The molecule has 0 aliphatic carbocycles. The van der Waals surface area contributed by atoms with Gasteiger partial charge in [-0.3, -0.25) is 4.90 Å². The molecule has 1 aromatic heterocycles. The summed E-state index contributed by atoms with van der Waals surface area (Å²) in [5.74, 6) is 0.653. The SMILES string of the molecule is O=S(=O)(/C=C/c1cccnc1Cl)c1ccc(OCCCN2CCOCC2)cc1. The molecule has 0 atom stereocenters. The van der Waals surface area contributed by atoms with E-state index in [0.717, 1.165) is 44.7 Å². The fraction of sp³-hybridized carbons (Fsp3) is 0.350. The number of nitrogens with zero attached hydrogens (tertiary/aromatic N) is 2. The molecule has 1 fully saturated rings. The van der Waals surface area contributed by atoms with E-state index in [0.29, 0.717) is 17.9 Å². The van der Waals surface area contributed by atoms with Crippen molar-refractivity contribution in [2.45, 2.75) is 11.3 Å². The minimum Gasteiger partial charge on any atom is -0.494 e. The van der Waals surface area contributed by atoms with Gasteiger partial charge in [-0.25, -0.2) is 13.4 Å². The first-order chi connectivity index (χ1) is 13.5. The van der Waals surface area contributed by atoms with Gasteiger partial charge in [-0.15, -0.1) is 0 Å². The Labute approximate surface area is 170 Å². The topological polar surface area (TPSA) is 68.7 Å². The predicted octanol–water partition coefficient (Wildman–Crippen LogP) is 3.28. The van der Waals surface area contributed by atoms with Crippen molar-refractivity contribution < 1.29 is 17.9 Å². The molecule has 6 nitrogen and oxygen atoms in total. The maximum atomic E-state index is 12.5. The summed E-state index contributed by atoms with van der Waals surface area (Å²) in [4.78, 5) is 6.47. The van der Waals surface area contributed by atoms with Crippen LogP contribution in [0.15, 0.2) is 52.9 Å². The van der Waals surface area contributed by atoms with E-state index in [1.807, 2.05) is 0 Å². The molecule has 8 heteroatoms. The Kier molecular flexibility index (Phi) is 7.44. The van der Waals surface area contributed by atoms with Crippen LogP contribution < -0.4 is 4.74 Å². The molecule has 0 spiro atoms. The molecule has 1 aliphatic rings. The van der Waals surface area contributed by atoms with Crippen molar-refractivity contribution in [2.24, 2.45) is 0 Å². The van der Waals surface area contributed by atoms with Gasteiger partial charge in [0.25, 0.3) is 0 Å². The number of morpholine rings is 1. The fourth-order valence-corrected chi connectivity index (χ4v) is 3.97. The van der Waals surface area contributed by atoms with Crippen LogP contribution in [-0.2, 0) is 14.6 Å². The standard InChI is InChI=1S/C20H23ClN2O4S/c21-20-17(3-1-9-22-20)8-16-28(24,25)19-6-4-18(5-7-19)27-13-2-10-23-11-14-26-15-12-23/h1,3-9,16H,2,10-15H2/b16-8+. The summed E-state index contributed by atoms with van der Waals surface area (Å²) in [6.07, 6.45) is 3.91. The molecule has 0 unspecified atom stereocenters. The summed E-state index contributed by atoms with van der Waals surface area (Å²) in [7, 11) is -3.57. The van der Waals surface area contributed by atoms with E-state index < -0.39 is 9.84 Å². The molecule has 2 heterocycles. The molecular weight excluding hydrogens is 400 g/mol. The molecule has 0 N–H and O–H groups in total. The van der Waals surface area contributed by atoms with Crippen LogP contribution in [0, 0.1) is 0 Å². The molecule has 1 aromatic carbocycles. The molecule has 150 valence electrons. The second-order valence-electron chi connectivity index (χ2n) is 6.36. The third-order valence-corrected chi connectivity index (χ3v) is 6.10. The van der Waals surface area contributed by atoms with Crippen LogP contribution in [0.3, 0.4) is 0 Å². The minimum absolute atomic E-state index is 0.199. The van der Waals surface area contributed by atoms with Crippen LogP contribution in [0.25, 0.3) is 6.08 Å². The zero-order valence-electron chi connectivity index (χ0n) is 15.5. The minimum atomic E-state index is -3.57. The highest BCUT2D eigenvalue weighted by atomic mass is 35.5. The van der Waals surface area contributed by atoms with Gasteiger partial charge in [0.2, 0.25) is 0 Å². The summed E-state index contributed by atoms with van der Waals surface area (Å²) in [6, 6.07) is 9.83. The number of sulfone groups is 1. The van der Waals surface area contributed by atoms with Crippen molar-refractivity contribution >= 4 is 27.5 Å². The molecule has 0 bridgehead atoms. The summed E-state index contributed by atoms with van der Waals surface area (Å²) in [5, 5.41) is 1.39. The van der Waals surface area contributed by atoms with Gasteiger partial charge in [-0.05, 0) is 42.8 Å². The molecule has 28 heavy (non-hydrogen) atoms. The lowest BCUT2D eigenvalue weighted by molar-refractivity contribution is 0.0358. The molecule has 3 rings (SSSR count). The first kappa shape index (κ1) is 20.8. The zero-order chi connectivity index (χ0) is 19.8. The fourth-order valence-electron chi connectivity index (χ4n) is 2.79. The molecule has 0 radical (unpaired) electrons. The van der Waals surface area contributed by atoms with Crippen LogP contribution in [0.4, 0.5) is 0 Å². The highest BCUT2D eigenvalue weighted by Crippen LogP contribution is 2.20. The summed E-state index contributed by atoms with van der Waals surface area (Å²) < 4.78 is 36.0. The predicted molar refractivity (Wildman–Crippen MR) is 109 cm³/mol. The van der Waals surface area contributed by atoms with Crippen molar-refractivity contribution in [3.63, 3.8) is 0 Å². The molecule has 2 aromatic rings. The van der Waals surface area contributed by atoms with Crippen molar-refractivity contribution in [1.29, 1.82) is 0 Å². The Hall–Kier alpha value is -1.93. The largest absolute Gasteiger partial charge is 0.494 e. The number of aromatic nitrogens is 1. The number of halogens is 1. The van der Waals surface area contributed by atoms with Gasteiger partial charge in [0.15, 0.2) is 9.84 Å². The van der Waals surface area contributed by atoms with Crippen LogP contribution in [-0.4, -0.2) is 57.8 Å². The smallest absolute Gasteiger partial charge is 0.199 e. The van der Waals surface area contributed by atoms with Crippen LogP contribution in [0.2, 0.25) is 5.15 Å². The van der Waals surface area contributed by atoms with Crippen molar-refractivity contribution in [1.82, 2.24) is 9.88 Å². The molecule has 0 saturated carbocycles. The van der Waals surface area contributed by atoms with Gasteiger partial charge in [0.05, 0.1) is 24.7 Å². The van der Waals surface area contributed by atoms with E-state index in [1.54, 1.807) is 42.6 Å². The molecule has 1 saturated heterocycles. The Bertz CT molecular complexity index is 895. The number of hydrogen-bond donors (Lipinski definition) is 0. The average Bonchev–Trinajstić information content (AvgIpc) is 2.72. The number of ether oxygens (including phenoxy) is 2. The lowest BCUT2D eigenvalue weighted by atomic mass is 10.3. The van der Waals surface area contributed by atoms with Crippen molar-refractivity contribution in [3.05, 3.63) is 58.7 Å². The average molecular weight is 423 g/mol. The Morgan fingerprint density at radius 1 is 1.18 bits per heavy atom. The molecule has 1 aliphatic heterocycles. The zero-order valence-corrected chi connectivity index (χ0v) is 17.0. The highest BCUT2D eigenvalue weighted by Gasteiger charge is 2.12. The van der Waals surface area contributed by atoms with E-state index in [-0.39, 0.29) is 10.0 Å². The lowest BCUT2D eigenvalue weighted by Crippen LogP contribution is -2.37. The van der Waals surface area contributed by atoms with Crippen LogP contribution >= 0.6 is 11.6 Å². The van der Waals surface area contributed by atoms with Gasteiger partial charge in [-0.1, -0.05) is 17.7 Å². The number of pyridine rings is 1. The first-order valence-electron chi connectivity index (χ1n) is 9.11. The van der Waals surface area contributed by atoms with Gasteiger partial charge in [0, 0.05) is 36.8 Å². The molecule has 0 amide bonds. The first-order valence-corrected chi connectivity index (χ1v) is 11.0. The summed E-state index contributed by atoms with van der Waals surface area (Å²) in [5.41, 5.74) is 0.549. The van der Waals surface area contributed by atoms with E-state index in [9.17, 15) is 8.42 Å². The van der Waals surface area contributed by atoms with Gasteiger partial charge in [-0.2, -0.15) is 0 Å². The maximum absolute atomic E-state index is 12.5. The number of hydrogen-bond acceptors (Lipinski definition) is 6. The second-order valence-corrected chi connectivity index (χ2v) is 8.55. The van der Waals surface area contributed by atoms with Crippen molar-refractivity contribution in [3.8, 4) is 5.75 Å². The third-order valence-electron chi connectivity index (χ3n) is 4.36. The van der Waals surface area contributed by atoms with Gasteiger partial charge < -0.3 is 9.47 Å². The van der Waals surface area contributed by atoms with E-state index in [4.69, 9.17) is 21.1 Å². The van der Waals surface area contributed by atoms with Crippen LogP contribution in [0.5, 0.6) is 5.75 Å². The quantitative estimate of drug-likeness (QED) is 0.480. The monoisotopic (exact) mass is 422 g/mol. The van der Waals surface area contributed by atoms with Gasteiger partial charge >= 0.3 is 0 Å². The van der Waals surface area contributed by atoms with E-state index >= 15 is 0 Å². The van der Waals surface area contributed by atoms with E-state index in [1.165, 1.54) is 6.08 Å². The number of rotatable bonds is 8. The Morgan fingerprint density at radius 2 is 1.93 bits per heavy atom.